The second-order valence-corrected chi connectivity index (χ2v) is 2.98. The number of carboxylic acid groups (broad SMARTS) is 1. The number of carbonyl (C=O) groups is 2. The fraction of sp³-hybridized carbons (Fsp3) is 0.750. The zero-order valence-corrected chi connectivity index (χ0v) is 8.75. The average molecular weight is 214 g/mol. The fourth-order valence-electron chi connectivity index (χ4n) is 1.20. The molecule has 7 nitrogen and oxygen atoms in total. The first kappa shape index (κ1) is 13.2. The Kier molecular flexibility index (Phi) is 5.89. The van der Waals surface area contributed by atoms with E-state index in [1.165, 1.54) is 11.8 Å². The molecule has 84 valence electrons. The average Bonchev–Trinajstić information content (AvgIpc) is 2.16. The number of amides is 1. The van der Waals surface area contributed by atoms with Crippen molar-refractivity contribution in [3.63, 3.8) is 0 Å². The summed E-state index contributed by atoms with van der Waals surface area (Å²) in [5.74, 6) is -1.50. The van der Waals surface area contributed by atoms with Gasteiger partial charge in [-0.25, -0.2) is 4.79 Å². The normalized spacial score (nSPS) is 11.3. The molecule has 0 aliphatic heterocycles. The van der Waals surface area contributed by atoms with E-state index in [0.717, 1.165) is 0 Å². The van der Waals surface area contributed by atoms with Crippen LogP contribution in [0.3, 0.4) is 0 Å². The standard InChI is InChI=1S/C8H14N4O3/c1-3-4-12(6(2)13)7(8(14)15)5-10-11-9/h7H,3-5H2,1-2H3,(H,14,15). The van der Waals surface area contributed by atoms with E-state index in [1.54, 1.807) is 0 Å². The van der Waals surface area contributed by atoms with Gasteiger partial charge in [0, 0.05) is 18.4 Å². The molecule has 0 aliphatic rings. The fourth-order valence-corrected chi connectivity index (χ4v) is 1.20. The van der Waals surface area contributed by atoms with E-state index in [1.807, 2.05) is 6.92 Å². The van der Waals surface area contributed by atoms with Crippen LogP contribution < -0.4 is 0 Å². The molecule has 7 heteroatoms. The lowest BCUT2D eigenvalue weighted by Gasteiger charge is -2.26. The van der Waals surface area contributed by atoms with Gasteiger partial charge in [-0.05, 0) is 12.0 Å². The topological polar surface area (TPSA) is 106 Å². The largest absolute Gasteiger partial charge is 0.480 e. The van der Waals surface area contributed by atoms with Gasteiger partial charge in [0.25, 0.3) is 0 Å². The Labute approximate surface area is 87.3 Å². The predicted octanol–water partition coefficient (Wildman–Crippen LogP) is 1.01. The maximum absolute atomic E-state index is 11.2. The van der Waals surface area contributed by atoms with Crippen molar-refractivity contribution in [1.29, 1.82) is 0 Å². The van der Waals surface area contributed by atoms with E-state index in [4.69, 9.17) is 10.6 Å². The van der Waals surface area contributed by atoms with Crippen LogP contribution in [0.2, 0.25) is 0 Å². The van der Waals surface area contributed by atoms with Gasteiger partial charge < -0.3 is 10.0 Å². The number of carbonyl (C=O) groups excluding carboxylic acids is 1. The van der Waals surface area contributed by atoms with Crippen molar-refractivity contribution >= 4 is 11.9 Å². The van der Waals surface area contributed by atoms with Gasteiger partial charge in [0.15, 0.2) is 0 Å². The van der Waals surface area contributed by atoms with Gasteiger partial charge in [-0.15, -0.1) is 0 Å². The second kappa shape index (κ2) is 6.67. The van der Waals surface area contributed by atoms with Crippen LogP contribution in [0.5, 0.6) is 0 Å². The minimum atomic E-state index is -1.16. The maximum atomic E-state index is 11.2. The van der Waals surface area contributed by atoms with Crippen LogP contribution in [-0.4, -0.2) is 41.0 Å². The summed E-state index contributed by atoms with van der Waals surface area (Å²) in [6, 6.07) is -1.07. The van der Waals surface area contributed by atoms with Gasteiger partial charge in [0.1, 0.15) is 6.04 Å². The molecule has 0 fully saturated rings. The molecule has 0 saturated heterocycles. The highest BCUT2D eigenvalue weighted by Crippen LogP contribution is 2.03. The number of hydrogen-bond acceptors (Lipinski definition) is 3. The van der Waals surface area contributed by atoms with Gasteiger partial charge >= 0.3 is 5.97 Å². The Hall–Kier alpha value is -1.75. The van der Waals surface area contributed by atoms with Crippen molar-refractivity contribution in [3.05, 3.63) is 10.4 Å². The Morgan fingerprint density at radius 3 is 2.53 bits per heavy atom. The first-order valence-electron chi connectivity index (χ1n) is 4.55. The number of carboxylic acids is 1. The summed E-state index contributed by atoms with van der Waals surface area (Å²) >= 11 is 0. The summed E-state index contributed by atoms with van der Waals surface area (Å²) in [5.41, 5.74) is 8.11. The lowest BCUT2D eigenvalue weighted by molar-refractivity contribution is -0.149. The third-order valence-corrected chi connectivity index (χ3v) is 1.85. The summed E-state index contributed by atoms with van der Waals surface area (Å²) in [7, 11) is 0. The molecule has 0 aromatic carbocycles. The number of aliphatic carboxylic acids is 1. The molecule has 0 heterocycles. The smallest absolute Gasteiger partial charge is 0.326 e. The van der Waals surface area contributed by atoms with Crippen LogP contribution >= 0.6 is 0 Å². The van der Waals surface area contributed by atoms with Gasteiger partial charge in [-0.2, -0.15) is 0 Å². The third-order valence-electron chi connectivity index (χ3n) is 1.85. The van der Waals surface area contributed by atoms with Crippen molar-refractivity contribution < 1.29 is 14.7 Å². The molecule has 1 amide bonds. The molecule has 0 aromatic heterocycles. The van der Waals surface area contributed by atoms with Crippen molar-refractivity contribution in [2.24, 2.45) is 5.11 Å². The molecule has 0 aliphatic carbocycles. The van der Waals surface area contributed by atoms with Gasteiger partial charge in [0.2, 0.25) is 5.91 Å². The monoisotopic (exact) mass is 214 g/mol. The molecule has 0 radical (unpaired) electrons. The SMILES string of the molecule is CCCN(C(C)=O)C(CN=[N+]=[N-])C(=O)O. The molecule has 0 aromatic rings. The van der Waals surface area contributed by atoms with Crippen LogP contribution in [0.1, 0.15) is 20.3 Å². The van der Waals surface area contributed by atoms with Crippen LogP contribution in [0, 0.1) is 0 Å². The second-order valence-electron chi connectivity index (χ2n) is 2.98. The van der Waals surface area contributed by atoms with E-state index in [9.17, 15) is 9.59 Å². The quantitative estimate of drug-likeness (QED) is 0.405. The van der Waals surface area contributed by atoms with Crippen molar-refractivity contribution in [2.45, 2.75) is 26.3 Å². The van der Waals surface area contributed by atoms with E-state index < -0.39 is 12.0 Å². The van der Waals surface area contributed by atoms with Gasteiger partial charge in [0.05, 0.1) is 6.54 Å². The highest BCUT2D eigenvalue weighted by atomic mass is 16.4. The molecule has 1 atom stereocenters. The first-order chi connectivity index (χ1) is 7.04. The Balaban J connectivity index is 4.73. The van der Waals surface area contributed by atoms with E-state index in [-0.39, 0.29) is 12.5 Å². The molecule has 0 bridgehead atoms. The Morgan fingerprint density at radius 2 is 2.20 bits per heavy atom. The molecule has 0 rings (SSSR count). The van der Waals surface area contributed by atoms with E-state index in [2.05, 4.69) is 10.0 Å². The summed E-state index contributed by atoms with van der Waals surface area (Å²) < 4.78 is 0. The minimum absolute atomic E-state index is 0.245. The molecule has 0 spiro atoms. The highest BCUT2D eigenvalue weighted by Gasteiger charge is 2.26. The van der Waals surface area contributed by atoms with Gasteiger partial charge in [-0.3, -0.25) is 4.79 Å². The summed E-state index contributed by atoms with van der Waals surface area (Å²) in [6.07, 6.45) is 0.652. The van der Waals surface area contributed by atoms with Crippen LogP contribution in [-0.2, 0) is 9.59 Å². The summed E-state index contributed by atoms with van der Waals surface area (Å²) in [4.78, 5) is 25.7. The van der Waals surface area contributed by atoms with Crippen molar-refractivity contribution in [2.75, 3.05) is 13.1 Å². The number of azide groups is 1. The number of nitrogens with zero attached hydrogens (tertiary/aromatic N) is 4. The number of hydrogen-bond donors (Lipinski definition) is 1. The molecule has 1 unspecified atom stereocenters. The van der Waals surface area contributed by atoms with Crippen LogP contribution in [0.25, 0.3) is 10.4 Å². The maximum Gasteiger partial charge on any atom is 0.326 e. The number of rotatable bonds is 6. The molecule has 1 N–H and O–H groups in total. The van der Waals surface area contributed by atoms with Crippen molar-refractivity contribution in [3.8, 4) is 0 Å². The Bertz CT molecular complexity index is 286. The zero-order chi connectivity index (χ0) is 11.8. The lowest BCUT2D eigenvalue weighted by Crippen LogP contribution is -2.46. The predicted molar refractivity (Wildman–Crippen MR) is 53.1 cm³/mol. The zero-order valence-electron chi connectivity index (χ0n) is 8.75. The molecule has 0 saturated carbocycles. The molecular weight excluding hydrogens is 200 g/mol. The van der Waals surface area contributed by atoms with Gasteiger partial charge in [-0.1, -0.05) is 12.0 Å². The van der Waals surface area contributed by atoms with Crippen molar-refractivity contribution in [1.82, 2.24) is 4.90 Å². The Morgan fingerprint density at radius 1 is 1.60 bits per heavy atom. The van der Waals surface area contributed by atoms with E-state index in [0.29, 0.717) is 13.0 Å². The van der Waals surface area contributed by atoms with Crippen LogP contribution in [0.4, 0.5) is 0 Å². The highest BCUT2D eigenvalue weighted by molar-refractivity contribution is 5.82. The summed E-state index contributed by atoms with van der Waals surface area (Å²) in [5, 5.41) is 12.1. The minimum Gasteiger partial charge on any atom is -0.480 e. The third kappa shape index (κ3) is 4.33. The summed E-state index contributed by atoms with van der Waals surface area (Å²) in [6.45, 7) is 3.22. The molecule has 15 heavy (non-hydrogen) atoms. The first-order valence-corrected chi connectivity index (χ1v) is 4.55. The molecular formula is C8H14N4O3. The van der Waals surface area contributed by atoms with Crippen LogP contribution in [0.15, 0.2) is 5.11 Å². The lowest BCUT2D eigenvalue weighted by atomic mass is 10.2. The van der Waals surface area contributed by atoms with E-state index >= 15 is 0 Å².